The third-order valence-electron chi connectivity index (χ3n) is 3.24. The van der Waals surface area contributed by atoms with Crippen LogP contribution in [0.5, 0.6) is 0 Å². The highest BCUT2D eigenvalue weighted by Crippen LogP contribution is 2.27. The lowest BCUT2D eigenvalue weighted by Crippen LogP contribution is -1.99. The fraction of sp³-hybridized carbons (Fsp3) is 0.0556. The molecule has 1 aromatic carbocycles. The van der Waals surface area contributed by atoms with Gasteiger partial charge >= 0.3 is 0 Å². The van der Waals surface area contributed by atoms with Gasteiger partial charge in [-0.1, -0.05) is 49.1 Å². The molecule has 3 aromatic rings. The van der Waals surface area contributed by atoms with E-state index in [2.05, 4.69) is 16.5 Å². The van der Waals surface area contributed by atoms with Crippen molar-refractivity contribution in [1.82, 2.24) is 19.5 Å². The van der Waals surface area contributed by atoms with Gasteiger partial charge in [0.05, 0.1) is 6.20 Å². The third-order valence-corrected chi connectivity index (χ3v) is 3.24. The summed E-state index contributed by atoms with van der Waals surface area (Å²) >= 11 is 0. The van der Waals surface area contributed by atoms with Crippen LogP contribution in [0.15, 0.2) is 73.7 Å². The molecule has 0 radical (unpaired) electrons. The molecule has 0 spiro atoms. The van der Waals surface area contributed by atoms with E-state index >= 15 is 0 Å². The lowest BCUT2D eigenvalue weighted by atomic mass is 10.2. The number of aromatic nitrogens is 4. The minimum atomic E-state index is 0.765. The Morgan fingerprint density at radius 1 is 1.23 bits per heavy atom. The smallest absolute Gasteiger partial charge is 0.168 e. The molecule has 0 aliphatic rings. The van der Waals surface area contributed by atoms with E-state index < -0.39 is 0 Å². The molecule has 0 saturated carbocycles. The zero-order chi connectivity index (χ0) is 15.4. The maximum absolute atomic E-state index is 4.70. The van der Waals surface area contributed by atoms with Crippen LogP contribution in [0.1, 0.15) is 6.92 Å². The molecule has 4 nitrogen and oxygen atoms in total. The monoisotopic (exact) mass is 288 g/mol. The Balaban J connectivity index is 2.35. The molecular weight excluding hydrogens is 272 g/mol. The lowest BCUT2D eigenvalue weighted by molar-refractivity contribution is 1.10. The van der Waals surface area contributed by atoms with E-state index in [9.17, 15) is 0 Å². The van der Waals surface area contributed by atoms with Crippen LogP contribution in [0.2, 0.25) is 0 Å². The number of allylic oxidation sites excluding steroid dienone is 5. The van der Waals surface area contributed by atoms with Crippen molar-refractivity contribution in [3.05, 3.63) is 73.7 Å². The van der Waals surface area contributed by atoms with E-state index in [1.54, 1.807) is 12.3 Å². The van der Waals surface area contributed by atoms with Crippen LogP contribution in [-0.4, -0.2) is 19.5 Å². The van der Waals surface area contributed by atoms with Crippen molar-refractivity contribution < 1.29 is 0 Å². The zero-order valence-corrected chi connectivity index (χ0v) is 12.3. The van der Waals surface area contributed by atoms with Crippen molar-refractivity contribution in [2.75, 3.05) is 0 Å². The first-order valence-corrected chi connectivity index (χ1v) is 7.05. The average Bonchev–Trinajstić information content (AvgIpc) is 2.95. The van der Waals surface area contributed by atoms with Gasteiger partial charge < -0.3 is 0 Å². The fourth-order valence-corrected chi connectivity index (χ4v) is 2.35. The normalized spacial score (nSPS) is 12.1. The fourth-order valence-electron chi connectivity index (χ4n) is 2.35. The van der Waals surface area contributed by atoms with Gasteiger partial charge in [-0.3, -0.25) is 4.57 Å². The summed E-state index contributed by atoms with van der Waals surface area (Å²) in [6.45, 7) is 5.78. The van der Waals surface area contributed by atoms with Gasteiger partial charge in [0.1, 0.15) is 17.7 Å². The molecule has 4 heteroatoms. The lowest BCUT2D eigenvalue weighted by Gasteiger charge is -2.09. The average molecular weight is 288 g/mol. The Morgan fingerprint density at radius 2 is 2.05 bits per heavy atom. The molecule has 0 aliphatic carbocycles. The first-order chi connectivity index (χ1) is 10.8. The number of hydrogen-bond donors (Lipinski definition) is 0. The van der Waals surface area contributed by atoms with Crippen molar-refractivity contribution in [2.45, 2.75) is 6.92 Å². The largest absolute Gasteiger partial charge is 0.277 e. The molecule has 2 aromatic heterocycles. The summed E-state index contributed by atoms with van der Waals surface area (Å²) in [5, 5.41) is 0. The number of benzene rings is 1. The van der Waals surface area contributed by atoms with Gasteiger partial charge in [0.15, 0.2) is 5.65 Å². The topological polar surface area (TPSA) is 43.6 Å². The van der Waals surface area contributed by atoms with Crippen LogP contribution in [0.3, 0.4) is 0 Å². The van der Waals surface area contributed by atoms with E-state index in [1.807, 2.05) is 60.1 Å². The van der Waals surface area contributed by atoms with Crippen molar-refractivity contribution in [2.24, 2.45) is 0 Å². The molecule has 2 heterocycles. The summed E-state index contributed by atoms with van der Waals surface area (Å²) in [6.07, 6.45) is 11.0. The Kier molecular flexibility index (Phi) is 3.92. The summed E-state index contributed by atoms with van der Waals surface area (Å²) in [4.78, 5) is 13.2. The van der Waals surface area contributed by atoms with Crippen LogP contribution in [0.25, 0.3) is 28.2 Å². The second-order valence-corrected chi connectivity index (χ2v) is 4.70. The second-order valence-electron chi connectivity index (χ2n) is 4.70. The van der Waals surface area contributed by atoms with Crippen LogP contribution in [0.4, 0.5) is 0 Å². The van der Waals surface area contributed by atoms with Crippen molar-refractivity contribution in [1.29, 1.82) is 0 Å². The molecule has 108 valence electrons. The van der Waals surface area contributed by atoms with E-state index in [4.69, 9.17) is 4.98 Å². The number of imidazole rings is 1. The maximum Gasteiger partial charge on any atom is 0.168 e. The van der Waals surface area contributed by atoms with Crippen molar-refractivity contribution in [3.8, 4) is 11.4 Å². The summed E-state index contributed by atoms with van der Waals surface area (Å²) in [6, 6.07) is 10.1. The molecular formula is C18H16N4. The number of fused-ring (bicyclic) bond motifs is 1. The summed E-state index contributed by atoms with van der Waals surface area (Å²) in [7, 11) is 0. The highest BCUT2D eigenvalue weighted by molar-refractivity contribution is 5.83. The second kappa shape index (κ2) is 6.18. The number of nitrogens with zero attached hydrogens (tertiary/aromatic N) is 4. The van der Waals surface area contributed by atoms with Gasteiger partial charge in [0.2, 0.25) is 0 Å². The molecule has 0 atom stereocenters. The van der Waals surface area contributed by atoms with Gasteiger partial charge in [0, 0.05) is 11.3 Å². The minimum absolute atomic E-state index is 0.765. The molecule has 3 rings (SSSR count). The maximum atomic E-state index is 4.70. The van der Waals surface area contributed by atoms with Crippen LogP contribution >= 0.6 is 0 Å². The molecule has 0 amide bonds. The molecule has 0 bridgehead atoms. The van der Waals surface area contributed by atoms with Crippen LogP contribution in [0, 0.1) is 0 Å². The minimum Gasteiger partial charge on any atom is -0.277 e. The first-order valence-electron chi connectivity index (χ1n) is 7.05. The Hall–Kier alpha value is -3.01. The predicted molar refractivity (Wildman–Crippen MR) is 90.0 cm³/mol. The molecule has 22 heavy (non-hydrogen) atoms. The van der Waals surface area contributed by atoms with Crippen LogP contribution in [-0.2, 0) is 0 Å². The molecule has 0 N–H and O–H groups in total. The quantitative estimate of drug-likeness (QED) is 0.679. The van der Waals surface area contributed by atoms with Crippen molar-refractivity contribution in [3.63, 3.8) is 0 Å². The summed E-state index contributed by atoms with van der Waals surface area (Å²) in [5.41, 5.74) is 3.53. The van der Waals surface area contributed by atoms with Crippen molar-refractivity contribution >= 4 is 16.9 Å². The SMILES string of the molecule is C=C/C=C(\C=C/C)n1c(-c2ccccc2)nc2cncnc21. The number of rotatable bonds is 4. The van der Waals surface area contributed by atoms with Gasteiger partial charge in [0.25, 0.3) is 0 Å². The standard InChI is InChI=1S/C18H16N4/c1-3-8-15(9-4-2)22-17(14-10-6-5-7-11-14)21-16-12-19-13-20-18(16)22/h3-13H,1H2,2H3/b9-4-,15-8+. The molecule has 0 aliphatic heterocycles. The van der Waals surface area contributed by atoms with E-state index in [1.165, 1.54) is 6.33 Å². The van der Waals surface area contributed by atoms with Gasteiger partial charge in [-0.15, -0.1) is 0 Å². The molecule has 0 fully saturated rings. The third kappa shape index (κ3) is 2.46. The van der Waals surface area contributed by atoms with E-state index in [0.29, 0.717) is 0 Å². The molecule has 0 saturated heterocycles. The Bertz CT molecular complexity index is 857. The highest BCUT2D eigenvalue weighted by Gasteiger charge is 2.15. The van der Waals surface area contributed by atoms with Crippen LogP contribution < -0.4 is 0 Å². The molecule has 0 unspecified atom stereocenters. The summed E-state index contributed by atoms with van der Waals surface area (Å²) < 4.78 is 2.02. The Labute approximate surface area is 129 Å². The Morgan fingerprint density at radius 3 is 2.77 bits per heavy atom. The predicted octanol–water partition coefficient (Wildman–Crippen LogP) is 4.10. The summed E-state index contributed by atoms with van der Waals surface area (Å²) in [5.74, 6) is 0.835. The van der Waals surface area contributed by atoms with Gasteiger partial charge in [-0.05, 0) is 19.1 Å². The van der Waals surface area contributed by atoms with Gasteiger partial charge in [-0.2, -0.15) is 0 Å². The van der Waals surface area contributed by atoms with E-state index in [0.717, 1.165) is 28.2 Å². The van der Waals surface area contributed by atoms with Gasteiger partial charge in [-0.25, -0.2) is 15.0 Å². The highest BCUT2D eigenvalue weighted by atomic mass is 15.1. The van der Waals surface area contributed by atoms with E-state index in [-0.39, 0.29) is 0 Å². The zero-order valence-electron chi connectivity index (χ0n) is 12.3. The first kappa shape index (κ1) is 13.9. The number of hydrogen-bond acceptors (Lipinski definition) is 3.